The molecule has 0 bridgehead atoms. The third-order valence-electron chi connectivity index (χ3n) is 3.97. The number of amides is 1. The van der Waals surface area contributed by atoms with E-state index >= 15 is 0 Å². The topological polar surface area (TPSA) is 105 Å². The molecule has 1 N–H and O–H groups in total. The van der Waals surface area contributed by atoms with E-state index in [2.05, 4.69) is 14.9 Å². The molecule has 0 aliphatic carbocycles. The molecule has 0 spiro atoms. The summed E-state index contributed by atoms with van der Waals surface area (Å²) >= 11 is 1.51. The van der Waals surface area contributed by atoms with Gasteiger partial charge in [0, 0.05) is 12.1 Å². The predicted molar refractivity (Wildman–Crippen MR) is 108 cm³/mol. The van der Waals surface area contributed by atoms with Crippen LogP contribution in [0.3, 0.4) is 0 Å². The zero-order valence-electron chi connectivity index (χ0n) is 15.7. The number of carbonyl (C=O) groups is 1. The summed E-state index contributed by atoms with van der Waals surface area (Å²) < 4.78 is 30.5. The minimum atomic E-state index is -3.38. The molecule has 0 fully saturated rings. The van der Waals surface area contributed by atoms with Crippen LogP contribution in [-0.4, -0.2) is 42.2 Å². The molecule has 0 unspecified atom stereocenters. The molecular weight excluding hydrogens is 400 g/mol. The quantitative estimate of drug-likeness (QED) is 0.629. The minimum Gasteiger partial charge on any atom is -0.337 e. The number of carbonyl (C=O) groups excluding carboxylic acids is 1. The fourth-order valence-corrected chi connectivity index (χ4v) is 3.89. The van der Waals surface area contributed by atoms with E-state index < -0.39 is 10.0 Å². The molecule has 0 aliphatic rings. The number of hydrogen-bond donors (Lipinski definition) is 1. The molecule has 3 rings (SSSR count). The molecule has 0 aliphatic heterocycles. The van der Waals surface area contributed by atoms with Crippen molar-refractivity contribution in [1.29, 1.82) is 0 Å². The Hall–Kier alpha value is -2.72. The molecule has 28 heavy (non-hydrogen) atoms. The van der Waals surface area contributed by atoms with Crippen molar-refractivity contribution in [2.45, 2.75) is 20.4 Å². The highest BCUT2D eigenvalue weighted by Gasteiger charge is 2.19. The number of benzene rings is 1. The van der Waals surface area contributed by atoms with E-state index in [4.69, 9.17) is 4.52 Å². The smallest absolute Gasteiger partial charge is 0.254 e. The maximum atomic E-state index is 12.9. The first-order chi connectivity index (χ1) is 13.3. The Morgan fingerprint density at radius 1 is 1.32 bits per heavy atom. The lowest BCUT2D eigenvalue weighted by molar-refractivity contribution is 0.0734. The Morgan fingerprint density at radius 2 is 2.11 bits per heavy atom. The van der Waals surface area contributed by atoms with Gasteiger partial charge in [-0.3, -0.25) is 9.52 Å². The number of nitrogens with zero attached hydrogens (tertiary/aromatic N) is 3. The van der Waals surface area contributed by atoms with E-state index in [1.807, 2.05) is 24.4 Å². The number of aromatic nitrogens is 2. The molecule has 0 radical (unpaired) electrons. The molecular formula is C18H20N4O4S2. The summed E-state index contributed by atoms with van der Waals surface area (Å²) in [6.45, 7) is 4.25. The summed E-state index contributed by atoms with van der Waals surface area (Å²) in [5.74, 6) is 0.651. The second-order valence-corrected chi connectivity index (χ2v) is 8.91. The van der Waals surface area contributed by atoms with Crippen molar-refractivity contribution in [3.8, 4) is 10.7 Å². The van der Waals surface area contributed by atoms with Gasteiger partial charge in [0.05, 0.1) is 16.8 Å². The third kappa shape index (κ3) is 4.76. The second-order valence-electron chi connectivity index (χ2n) is 6.21. The van der Waals surface area contributed by atoms with Crippen LogP contribution >= 0.6 is 11.3 Å². The number of sulfonamides is 1. The van der Waals surface area contributed by atoms with E-state index in [9.17, 15) is 13.2 Å². The van der Waals surface area contributed by atoms with Crippen LogP contribution in [0, 0.1) is 6.92 Å². The third-order valence-corrected chi connectivity index (χ3v) is 5.43. The maximum Gasteiger partial charge on any atom is 0.254 e. The zero-order chi connectivity index (χ0) is 20.3. The van der Waals surface area contributed by atoms with Gasteiger partial charge >= 0.3 is 0 Å². The number of aryl methyl sites for hydroxylation is 1. The molecule has 10 heteroatoms. The molecule has 1 amide bonds. The van der Waals surface area contributed by atoms with Crippen LogP contribution in [0.25, 0.3) is 10.7 Å². The highest BCUT2D eigenvalue weighted by atomic mass is 32.2. The zero-order valence-corrected chi connectivity index (χ0v) is 17.3. The number of nitrogens with one attached hydrogen (secondary N) is 1. The van der Waals surface area contributed by atoms with Gasteiger partial charge in [-0.15, -0.1) is 11.3 Å². The van der Waals surface area contributed by atoms with Gasteiger partial charge in [0.15, 0.2) is 0 Å². The van der Waals surface area contributed by atoms with E-state index in [-0.39, 0.29) is 12.5 Å². The van der Waals surface area contributed by atoms with Crippen LogP contribution in [0.1, 0.15) is 28.7 Å². The van der Waals surface area contributed by atoms with Gasteiger partial charge in [0.2, 0.25) is 21.7 Å². The van der Waals surface area contributed by atoms with Crippen LogP contribution in [0.4, 0.5) is 5.69 Å². The molecule has 3 aromatic rings. The minimum absolute atomic E-state index is 0.191. The summed E-state index contributed by atoms with van der Waals surface area (Å²) in [7, 11) is -3.38. The largest absolute Gasteiger partial charge is 0.337 e. The van der Waals surface area contributed by atoms with Crippen molar-refractivity contribution in [3.05, 3.63) is 52.7 Å². The lowest BCUT2D eigenvalue weighted by Crippen LogP contribution is -2.30. The average molecular weight is 421 g/mol. The van der Waals surface area contributed by atoms with Crippen molar-refractivity contribution in [2.24, 2.45) is 0 Å². The SMILES string of the molecule is CCN(Cc1nc(-c2cccs2)no1)C(=O)c1ccc(NS(C)(=O)=O)c(C)c1. The van der Waals surface area contributed by atoms with E-state index in [1.54, 1.807) is 30.0 Å². The number of thiophene rings is 1. The summed E-state index contributed by atoms with van der Waals surface area (Å²) in [6, 6.07) is 8.64. The number of hydrogen-bond acceptors (Lipinski definition) is 7. The second kappa shape index (κ2) is 8.11. The van der Waals surface area contributed by atoms with Crippen molar-refractivity contribution in [3.63, 3.8) is 0 Å². The molecule has 0 saturated carbocycles. The van der Waals surface area contributed by atoms with Crippen molar-refractivity contribution in [2.75, 3.05) is 17.5 Å². The molecule has 2 aromatic heterocycles. The van der Waals surface area contributed by atoms with Gasteiger partial charge in [0.1, 0.15) is 6.54 Å². The number of rotatable bonds is 7. The molecule has 0 saturated heterocycles. The molecule has 148 valence electrons. The van der Waals surface area contributed by atoms with E-state index in [1.165, 1.54) is 11.3 Å². The lowest BCUT2D eigenvalue weighted by Gasteiger charge is -2.19. The summed E-state index contributed by atoms with van der Waals surface area (Å²) in [4.78, 5) is 19.7. The van der Waals surface area contributed by atoms with Gasteiger partial charge in [0.25, 0.3) is 5.91 Å². The Labute approximate surface area is 167 Å². The van der Waals surface area contributed by atoms with Gasteiger partial charge < -0.3 is 9.42 Å². The average Bonchev–Trinajstić information content (AvgIpc) is 3.31. The Balaban J connectivity index is 1.75. The van der Waals surface area contributed by atoms with Gasteiger partial charge in [-0.05, 0) is 49.1 Å². The normalized spacial score (nSPS) is 11.4. The maximum absolute atomic E-state index is 12.9. The standard InChI is InChI=1S/C18H20N4O4S2/c1-4-22(11-16-19-17(20-26-16)15-6-5-9-27-15)18(23)13-7-8-14(12(2)10-13)21-28(3,24)25/h5-10,21H,4,11H2,1-3H3. The first-order valence-corrected chi connectivity index (χ1v) is 11.3. The summed E-state index contributed by atoms with van der Waals surface area (Å²) in [6.07, 6.45) is 1.08. The van der Waals surface area contributed by atoms with Gasteiger partial charge in [-0.25, -0.2) is 8.42 Å². The number of anilines is 1. The van der Waals surface area contributed by atoms with Crippen LogP contribution < -0.4 is 4.72 Å². The highest BCUT2D eigenvalue weighted by molar-refractivity contribution is 7.92. The van der Waals surface area contributed by atoms with Crippen molar-refractivity contribution in [1.82, 2.24) is 15.0 Å². The highest BCUT2D eigenvalue weighted by Crippen LogP contribution is 2.22. The fraction of sp³-hybridized carbons (Fsp3) is 0.278. The van der Waals surface area contributed by atoms with Crippen LogP contribution in [0.2, 0.25) is 0 Å². The molecule has 0 atom stereocenters. The van der Waals surface area contributed by atoms with Gasteiger partial charge in [-0.1, -0.05) is 11.2 Å². The predicted octanol–water partition coefficient (Wildman–Crippen LogP) is 3.14. The van der Waals surface area contributed by atoms with Crippen molar-refractivity contribution < 1.29 is 17.7 Å². The van der Waals surface area contributed by atoms with Crippen molar-refractivity contribution >= 4 is 33.0 Å². The molecule has 8 nitrogen and oxygen atoms in total. The van der Waals surface area contributed by atoms with Crippen LogP contribution in [0.15, 0.2) is 40.2 Å². The Morgan fingerprint density at radius 3 is 2.71 bits per heavy atom. The monoisotopic (exact) mass is 420 g/mol. The summed E-state index contributed by atoms with van der Waals surface area (Å²) in [5.41, 5.74) is 1.56. The Bertz CT molecular complexity index is 1070. The molecule has 2 heterocycles. The Kier molecular flexibility index (Phi) is 5.80. The van der Waals surface area contributed by atoms with Crippen LogP contribution in [0.5, 0.6) is 0 Å². The fourth-order valence-electron chi connectivity index (χ4n) is 2.61. The first kappa shape index (κ1) is 20.0. The van der Waals surface area contributed by atoms with Crippen LogP contribution in [-0.2, 0) is 16.6 Å². The summed E-state index contributed by atoms with van der Waals surface area (Å²) in [5, 5.41) is 5.89. The molecule has 1 aromatic carbocycles. The van der Waals surface area contributed by atoms with E-state index in [0.717, 1.165) is 11.1 Å². The van der Waals surface area contributed by atoms with Gasteiger partial charge in [-0.2, -0.15) is 4.98 Å². The van der Waals surface area contributed by atoms with E-state index in [0.29, 0.717) is 35.1 Å². The first-order valence-electron chi connectivity index (χ1n) is 8.51. The lowest BCUT2D eigenvalue weighted by atomic mass is 10.1.